The lowest BCUT2D eigenvalue weighted by molar-refractivity contribution is -0.114. The second-order valence-electron chi connectivity index (χ2n) is 3.13. The molecular formula is C10H7NO3. The zero-order chi connectivity index (χ0) is 10.3. The standard InChI is InChI=1S/C10H7NO3/c11-10(14)6-3-1-2-5-4-7(12)9(13)8(5)6/h1-3H,4H2,(H2,11,14). The van der Waals surface area contributed by atoms with Gasteiger partial charge in [-0.1, -0.05) is 12.1 Å². The molecule has 1 aliphatic rings. The third kappa shape index (κ3) is 1.04. The summed E-state index contributed by atoms with van der Waals surface area (Å²) < 4.78 is 0. The number of carbonyl (C=O) groups excluding carboxylic acids is 3. The van der Waals surface area contributed by atoms with Crippen molar-refractivity contribution in [1.82, 2.24) is 0 Å². The Hall–Kier alpha value is -1.97. The Morgan fingerprint density at radius 3 is 2.64 bits per heavy atom. The van der Waals surface area contributed by atoms with Crippen molar-refractivity contribution in [2.75, 3.05) is 0 Å². The molecule has 1 aromatic rings. The molecule has 0 aliphatic heterocycles. The molecule has 4 nitrogen and oxygen atoms in total. The van der Waals surface area contributed by atoms with Crippen molar-refractivity contribution < 1.29 is 14.4 Å². The summed E-state index contributed by atoms with van der Waals surface area (Å²) >= 11 is 0. The highest BCUT2D eigenvalue weighted by molar-refractivity contribution is 6.48. The second kappa shape index (κ2) is 2.77. The second-order valence-corrected chi connectivity index (χ2v) is 3.13. The van der Waals surface area contributed by atoms with Crippen LogP contribution in [0.25, 0.3) is 0 Å². The van der Waals surface area contributed by atoms with Crippen LogP contribution < -0.4 is 5.73 Å². The zero-order valence-corrected chi connectivity index (χ0v) is 7.24. The van der Waals surface area contributed by atoms with Crippen molar-refractivity contribution in [2.45, 2.75) is 6.42 Å². The van der Waals surface area contributed by atoms with E-state index in [2.05, 4.69) is 0 Å². The highest BCUT2D eigenvalue weighted by Crippen LogP contribution is 2.22. The predicted molar refractivity (Wildman–Crippen MR) is 48.0 cm³/mol. The van der Waals surface area contributed by atoms with Gasteiger partial charge in [-0.05, 0) is 11.6 Å². The molecule has 14 heavy (non-hydrogen) atoms. The van der Waals surface area contributed by atoms with Gasteiger partial charge in [0.2, 0.25) is 17.5 Å². The fourth-order valence-electron chi connectivity index (χ4n) is 1.61. The number of rotatable bonds is 1. The first-order valence-electron chi connectivity index (χ1n) is 4.10. The van der Waals surface area contributed by atoms with E-state index in [0.717, 1.165) is 0 Å². The molecular weight excluding hydrogens is 182 g/mol. The quantitative estimate of drug-likeness (QED) is 0.636. The molecule has 4 heteroatoms. The molecule has 0 radical (unpaired) electrons. The van der Waals surface area contributed by atoms with Gasteiger partial charge in [-0.3, -0.25) is 14.4 Å². The van der Waals surface area contributed by atoms with Crippen molar-refractivity contribution in [3.63, 3.8) is 0 Å². The number of hydrogen-bond donors (Lipinski definition) is 1. The third-order valence-electron chi connectivity index (χ3n) is 2.25. The molecule has 0 unspecified atom stereocenters. The Bertz CT molecular complexity index is 462. The van der Waals surface area contributed by atoms with Crippen LogP contribution in [0.2, 0.25) is 0 Å². The summed E-state index contributed by atoms with van der Waals surface area (Å²) in [6, 6.07) is 4.73. The van der Waals surface area contributed by atoms with Gasteiger partial charge in [0.05, 0.1) is 5.56 Å². The van der Waals surface area contributed by atoms with Gasteiger partial charge in [0.25, 0.3) is 0 Å². The molecule has 1 amide bonds. The van der Waals surface area contributed by atoms with E-state index in [4.69, 9.17) is 5.73 Å². The van der Waals surface area contributed by atoms with Crippen LogP contribution in [-0.4, -0.2) is 17.5 Å². The Kier molecular flexibility index (Phi) is 1.70. The van der Waals surface area contributed by atoms with E-state index in [1.54, 1.807) is 12.1 Å². The molecule has 0 atom stereocenters. The Labute approximate surface area is 79.7 Å². The lowest BCUT2D eigenvalue weighted by Gasteiger charge is -2.01. The molecule has 0 saturated heterocycles. The maximum Gasteiger partial charge on any atom is 0.249 e. The van der Waals surface area contributed by atoms with Gasteiger partial charge >= 0.3 is 0 Å². The maximum atomic E-state index is 11.4. The third-order valence-corrected chi connectivity index (χ3v) is 2.25. The molecule has 1 aromatic carbocycles. The average Bonchev–Trinajstić information content (AvgIpc) is 2.43. The highest BCUT2D eigenvalue weighted by Gasteiger charge is 2.31. The molecule has 0 spiro atoms. The first-order valence-corrected chi connectivity index (χ1v) is 4.10. The van der Waals surface area contributed by atoms with Gasteiger partial charge < -0.3 is 5.73 Å². The molecule has 70 valence electrons. The van der Waals surface area contributed by atoms with E-state index in [-0.39, 0.29) is 17.5 Å². The minimum Gasteiger partial charge on any atom is -0.366 e. The van der Waals surface area contributed by atoms with Crippen LogP contribution in [0, 0.1) is 0 Å². The van der Waals surface area contributed by atoms with Crippen LogP contribution in [0.1, 0.15) is 26.3 Å². The van der Waals surface area contributed by atoms with Gasteiger partial charge in [0.15, 0.2) is 0 Å². The van der Waals surface area contributed by atoms with Crippen LogP contribution in [0.3, 0.4) is 0 Å². The van der Waals surface area contributed by atoms with Crippen molar-refractivity contribution in [3.8, 4) is 0 Å². The highest BCUT2D eigenvalue weighted by atomic mass is 16.2. The molecule has 0 fully saturated rings. The van der Waals surface area contributed by atoms with Crippen LogP contribution >= 0.6 is 0 Å². The van der Waals surface area contributed by atoms with E-state index in [9.17, 15) is 14.4 Å². The van der Waals surface area contributed by atoms with Crippen LogP contribution in [-0.2, 0) is 11.2 Å². The number of amides is 1. The normalized spacial score (nSPS) is 14.3. The average molecular weight is 189 g/mol. The van der Waals surface area contributed by atoms with Crippen LogP contribution in [0.15, 0.2) is 18.2 Å². The van der Waals surface area contributed by atoms with Gasteiger partial charge in [0, 0.05) is 12.0 Å². The molecule has 1 aliphatic carbocycles. The summed E-state index contributed by atoms with van der Waals surface area (Å²) in [6.07, 6.45) is 0.0787. The minimum atomic E-state index is -0.676. The number of Topliss-reactive ketones (excluding diaryl/α,β-unsaturated/α-hetero) is 2. The monoisotopic (exact) mass is 189 g/mol. The van der Waals surface area contributed by atoms with E-state index in [1.807, 2.05) is 0 Å². The van der Waals surface area contributed by atoms with Crippen molar-refractivity contribution in [1.29, 1.82) is 0 Å². The number of benzene rings is 1. The summed E-state index contributed by atoms with van der Waals surface area (Å²) in [5.41, 5.74) is 6.01. The van der Waals surface area contributed by atoms with Crippen molar-refractivity contribution in [2.24, 2.45) is 5.73 Å². The maximum absolute atomic E-state index is 11.4. The van der Waals surface area contributed by atoms with E-state index in [1.165, 1.54) is 6.07 Å². The Balaban J connectivity index is 2.70. The summed E-state index contributed by atoms with van der Waals surface area (Å²) in [7, 11) is 0. The van der Waals surface area contributed by atoms with Gasteiger partial charge in [0.1, 0.15) is 0 Å². The number of nitrogens with two attached hydrogens (primary N) is 1. The predicted octanol–water partition coefficient (Wildman–Crippen LogP) is 0.0934. The lowest BCUT2D eigenvalue weighted by atomic mass is 10.0. The molecule has 0 bridgehead atoms. The summed E-state index contributed by atoms with van der Waals surface area (Å²) in [5.74, 6) is -1.76. The molecule has 2 N–H and O–H groups in total. The molecule has 2 rings (SSSR count). The topological polar surface area (TPSA) is 77.2 Å². The number of carbonyl (C=O) groups is 3. The zero-order valence-electron chi connectivity index (χ0n) is 7.24. The van der Waals surface area contributed by atoms with E-state index >= 15 is 0 Å². The Morgan fingerprint density at radius 1 is 1.29 bits per heavy atom. The van der Waals surface area contributed by atoms with Crippen LogP contribution in [0.4, 0.5) is 0 Å². The van der Waals surface area contributed by atoms with E-state index < -0.39 is 17.5 Å². The van der Waals surface area contributed by atoms with Gasteiger partial charge in [-0.15, -0.1) is 0 Å². The van der Waals surface area contributed by atoms with E-state index in [0.29, 0.717) is 5.56 Å². The van der Waals surface area contributed by atoms with Gasteiger partial charge in [-0.2, -0.15) is 0 Å². The largest absolute Gasteiger partial charge is 0.366 e. The summed E-state index contributed by atoms with van der Waals surface area (Å²) in [4.78, 5) is 33.4. The van der Waals surface area contributed by atoms with Gasteiger partial charge in [-0.25, -0.2) is 0 Å². The minimum absolute atomic E-state index is 0.0787. The fourth-order valence-corrected chi connectivity index (χ4v) is 1.61. The number of fused-ring (bicyclic) bond motifs is 1. The molecule has 0 saturated carbocycles. The van der Waals surface area contributed by atoms with Crippen molar-refractivity contribution in [3.05, 3.63) is 34.9 Å². The fraction of sp³-hybridized carbons (Fsp3) is 0.100. The SMILES string of the molecule is NC(=O)c1cccc2c1C(=O)C(=O)C2. The van der Waals surface area contributed by atoms with Crippen LogP contribution in [0.5, 0.6) is 0 Å². The first kappa shape index (κ1) is 8.62. The molecule has 0 aromatic heterocycles. The summed E-state index contributed by atoms with van der Waals surface area (Å²) in [6.45, 7) is 0. The smallest absolute Gasteiger partial charge is 0.249 e. The van der Waals surface area contributed by atoms with Crippen molar-refractivity contribution >= 4 is 17.5 Å². The number of ketones is 2. The summed E-state index contributed by atoms with van der Waals surface area (Å²) in [5, 5.41) is 0. The number of hydrogen-bond acceptors (Lipinski definition) is 3. The Morgan fingerprint density at radius 2 is 2.00 bits per heavy atom. The number of primary amides is 1. The lowest BCUT2D eigenvalue weighted by Crippen LogP contribution is -2.16. The first-order chi connectivity index (χ1) is 6.61. The molecule has 0 heterocycles.